The van der Waals surface area contributed by atoms with Crippen LogP contribution in [0.5, 0.6) is 0 Å². The molecular formula is C16H15ClN2O. The zero-order chi connectivity index (χ0) is 14.4. The summed E-state index contributed by atoms with van der Waals surface area (Å²) in [6, 6.07) is 17.3. The molecule has 0 radical (unpaired) electrons. The topological polar surface area (TPSA) is 47.3 Å². The molecule has 2 aromatic carbocycles. The number of halogens is 1. The summed E-state index contributed by atoms with van der Waals surface area (Å²) in [5, 5.41) is 19.0. The first-order valence-corrected chi connectivity index (χ1v) is 6.72. The molecule has 2 aromatic rings. The minimum absolute atomic E-state index is 0.0281. The Morgan fingerprint density at radius 2 is 1.90 bits per heavy atom. The van der Waals surface area contributed by atoms with Gasteiger partial charge in [-0.25, -0.2) is 0 Å². The Balaban J connectivity index is 2.31. The van der Waals surface area contributed by atoms with Gasteiger partial charge < -0.3 is 10.0 Å². The molecule has 102 valence electrons. The smallest absolute Gasteiger partial charge is 0.101 e. The van der Waals surface area contributed by atoms with Gasteiger partial charge in [0.15, 0.2) is 0 Å². The van der Waals surface area contributed by atoms with Crippen molar-refractivity contribution in [3.63, 3.8) is 0 Å². The van der Waals surface area contributed by atoms with Gasteiger partial charge in [-0.1, -0.05) is 41.9 Å². The molecule has 0 spiro atoms. The lowest BCUT2D eigenvalue weighted by Crippen LogP contribution is -2.26. The second kappa shape index (κ2) is 6.95. The van der Waals surface area contributed by atoms with Crippen LogP contribution in [0.15, 0.2) is 48.5 Å². The van der Waals surface area contributed by atoms with Gasteiger partial charge in [0, 0.05) is 18.1 Å². The van der Waals surface area contributed by atoms with E-state index in [1.165, 1.54) is 0 Å². The SMILES string of the molecule is N#Cc1cc(Cl)ccc1N(CCO)Cc1ccccc1. The van der Waals surface area contributed by atoms with Gasteiger partial charge in [-0.15, -0.1) is 0 Å². The summed E-state index contributed by atoms with van der Waals surface area (Å²) in [6.07, 6.45) is 0. The number of aliphatic hydroxyl groups is 1. The summed E-state index contributed by atoms with van der Waals surface area (Å²) in [5.41, 5.74) is 2.43. The van der Waals surface area contributed by atoms with Crippen molar-refractivity contribution in [2.75, 3.05) is 18.1 Å². The van der Waals surface area contributed by atoms with E-state index in [1.54, 1.807) is 12.1 Å². The van der Waals surface area contributed by atoms with E-state index in [1.807, 2.05) is 41.3 Å². The summed E-state index contributed by atoms with van der Waals surface area (Å²) < 4.78 is 0. The molecule has 3 nitrogen and oxygen atoms in total. The van der Waals surface area contributed by atoms with Crippen molar-refractivity contribution in [1.29, 1.82) is 5.26 Å². The van der Waals surface area contributed by atoms with Crippen LogP contribution in [0.4, 0.5) is 5.69 Å². The average molecular weight is 287 g/mol. The second-order valence-electron chi connectivity index (χ2n) is 4.40. The summed E-state index contributed by atoms with van der Waals surface area (Å²) >= 11 is 5.92. The van der Waals surface area contributed by atoms with Gasteiger partial charge in [0.05, 0.1) is 17.9 Å². The van der Waals surface area contributed by atoms with E-state index < -0.39 is 0 Å². The third-order valence-corrected chi connectivity index (χ3v) is 3.24. The van der Waals surface area contributed by atoms with Gasteiger partial charge in [-0.3, -0.25) is 0 Å². The number of aliphatic hydroxyl groups excluding tert-OH is 1. The lowest BCUT2D eigenvalue weighted by atomic mass is 10.1. The van der Waals surface area contributed by atoms with Crippen LogP contribution in [-0.2, 0) is 6.54 Å². The van der Waals surface area contributed by atoms with Crippen LogP contribution in [0.25, 0.3) is 0 Å². The van der Waals surface area contributed by atoms with E-state index in [0.29, 0.717) is 23.7 Å². The van der Waals surface area contributed by atoms with Crippen LogP contribution in [0, 0.1) is 11.3 Å². The molecule has 0 amide bonds. The van der Waals surface area contributed by atoms with E-state index in [-0.39, 0.29) is 6.61 Å². The van der Waals surface area contributed by atoms with Crippen molar-refractivity contribution in [2.24, 2.45) is 0 Å². The highest BCUT2D eigenvalue weighted by Gasteiger charge is 2.12. The normalized spacial score (nSPS) is 10.1. The Morgan fingerprint density at radius 3 is 2.55 bits per heavy atom. The molecule has 0 saturated heterocycles. The minimum atomic E-state index is 0.0281. The maximum Gasteiger partial charge on any atom is 0.101 e. The number of benzene rings is 2. The van der Waals surface area contributed by atoms with Crippen molar-refractivity contribution in [1.82, 2.24) is 0 Å². The predicted octanol–water partition coefficient (Wildman–Crippen LogP) is 3.21. The van der Waals surface area contributed by atoms with Crippen molar-refractivity contribution in [3.05, 3.63) is 64.7 Å². The zero-order valence-corrected chi connectivity index (χ0v) is 11.7. The first kappa shape index (κ1) is 14.4. The van der Waals surface area contributed by atoms with Crippen LogP contribution in [0.1, 0.15) is 11.1 Å². The lowest BCUT2D eigenvalue weighted by Gasteiger charge is -2.25. The van der Waals surface area contributed by atoms with Crippen LogP contribution < -0.4 is 4.90 Å². The van der Waals surface area contributed by atoms with Gasteiger partial charge in [-0.2, -0.15) is 5.26 Å². The number of nitriles is 1. The maximum absolute atomic E-state index is 9.24. The van der Waals surface area contributed by atoms with Crippen molar-refractivity contribution in [2.45, 2.75) is 6.54 Å². The molecule has 2 rings (SSSR count). The number of nitrogens with zero attached hydrogens (tertiary/aromatic N) is 2. The van der Waals surface area contributed by atoms with Crippen LogP contribution in [-0.4, -0.2) is 18.3 Å². The van der Waals surface area contributed by atoms with Crippen LogP contribution in [0.3, 0.4) is 0 Å². The molecule has 4 heteroatoms. The first-order chi connectivity index (χ1) is 9.74. The minimum Gasteiger partial charge on any atom is -0.395 e. The van der Waals surface area contributed by atoms with Gasteiger partial charge in [0.25, 0.3) is 0 Å². The fourth-order valence-electron chi connectivity index (χ4n) is 2.08. The van der Waals surface area contributed by atoms with Crippen LogP contribution in [0.2, 0.25) is 5.02 Å². The molecule has 1 N–H and O–H groups in total. The lowest BCUT2D eigenvalue weighted by molar-refractivity contribution is 0.301. The molecule has 20 heavy (non-hydrogen) atoms. The van der Waals surface area contributed by atoms with Crippen molar-refractivity contribution >= 4 is 17.3 Å². The predicted molar refractivity (Wildman–Crippen MR) is 80.7 cm³/mol. The van der Waals surface area contributed by atoms with Crippen molar-refractivity contribution < 1.29 is 5.11 Å². The summed E-state index contributed by atoms with van der Waals surface area (Å²) in [5.74, 6) is 0. The zero-order valence-electron chi connectivity index (χ0n) is 11.0. The molecule has 0 heterocycles. The number of hydrogen-bond acceptors (Lipinski definition) is 3. The van der Waals surface area contributed by atoms with E-state index >= 15 is 0 Å². The highest BCUT2D eigenvalue weighted by atomic mass is 35.5. The Labute approximate surface area is 123 Å². The second-order valence-corrected chi connectivity index (χ2v) is 4.84. The molecule has 0 bridgehead atoms. The average Bonchev–Trinajstić information content (AvgIpc) is 2.48. The molecule has 0 aliphatic rings. The third kappa shape index (κ3) is 3.51. The van der Waals surface area contributed by atoms with Gasteiger partial charge in [0.1, 0.15) is 6.07 Å². The quantitative estimate of drug-likeness (QED) is 0.918. The van der Waals surface area contributed by atoms with E-state index in [2.05, 4.69) is 6.07 Å². The molecule has 0 saturated carbocycles. The van der Waals surface area contributed by atoms with Gasteiger partial charge in [-0.05, 0) is 23.8 Å². The molecule has 0 unspecified atom stereocenters. The number of anilines is 1. The fraction of sp³-hybridized carbons (Fsp3) is 0.188. The Kier molecular flexibility index (Phi) is 5.00. The molecular weight excluding hydrogens is 272 g/mol. The Bertz CT molecular complexity index is 608. The molecule has 0 aromatic heterocycles. The Morgan fingerprint density at radius 1 is 1.15 bits per heavy atom. The first-order valence-electron chi connectivity index (χ1n) is 6.34. The largest absolute Gasteiger partial charge is 0.395 e. The van der Waals surface area contributed by atoms with Crippen LogP contribution >= 0.6 is 11.6 Å². The van der Waals surface area contributed by atoms with Gasteiger partial charge >= 0.3 is 0 Å². The maximum atomic E-state index is 9.24. The molecule has 0 atom stereocenters. The number of hydrogen-bond donors (Lipinski definition) is 1. The molecule has 0 aliphatic heterocycles. The van der Waals surface area contributed by atoms with E-state index in [9.17, 15) is 10.4 Å². The number of rotatable bonds is 5. The van der Waals surface area contributed by atoms with Crippen molar-refractivity contribution in [3.8, 4) is 6.07 Å². The monoisotopic (exact) mass is 286 g/mol. The highest BCUT2D eigenvalue weighted by Crippen LogP contribution is 2.25. The third-order valence-electron chi connectivity index (χ3n) is 3.01. The molecule has 0 aliphatic carbocycles. The van der Waals surface area contributed by atoms with Gasteiger partial charge in [0.2, 0.25) is 0 Å². The van der Waals surface area contributed by atoms with E-state index in [0.717, 1.165) is 11.3 Å². The Hall–Kier alpha value is -2.02. The summed E-state index contributed by atoms with van der Waals surface area (Å²) in [6.45, 7) is 1.13. The fourth-order valence-corrected chi connectivity index (χ4v) is 2.25. The van der Waals surface area contributed by atoms with E-state index in [4.69, 9.17) is 11.6 Å². The molecule has 0 fully saturated rings. The standard InChI is InChI=1S/C16H15ClN2O/c17-15-6-7-16(14(10-15)11-18)19(8-9-20)12-13-4-2-1-3-5-13/h1-7,10,20H,8-9,12H2. The highest BCUT2D eigenvalue weighted by molar-refractivity contribution is 6.30. The summed E-state index contributed by atoms with van der Waals surface area (Å²) in [4.78, 5) is 1.98. The summed E-state index contributed by atoms with van der Waals surface area (Å²) in [7, 11) is 0.